The van der Waals surface area contributed by atoms with Crippen molar-refractivity contribution in [2.45, 2.75) is 26.3 Å². The van der Waals surface area contributed by atoms with Crippen LogP contribution in [0.15, 0.2) is 12.4 Å². The van der Waals surface area contributed by atoms with Gasteiger partial charge in [0, 0.05) is 12.1 Å². The molecule has 0 radical (unpaired) electrons. The summed E-state index contributed by atoms with van der Waals surface area (Å²) < 4.78 is 5.66. The predicted molar refractivity (Wildman–Crippen MR) is 69.5 cm³/mol. The zero-order chi connectivity index (χ0) is 12.9. The zero-order valence-corrected chi connectivity index (χ0v) is 11.3. The number of hydrogen-bond acceptors (Lipinski definition) is 5. The summed E-state index contributed by atoms with van der Waals surface area (Å²) in [7, 11) is 4.06. The summed E-state index contributed by atoms with van der Waals surface area (Å²) in [6.07, 6.45) is 3.32. The number of ether oxygens (including phenoxy) is 1. The molecule has 5 nitrogen and oxygen atoms in total. The van der Waals surface area contributed by atoms with Gasteiger partial charge < -0.3 is 15.0 Å². The largest absolute Gasteiger partial charge is 0.475 e. The molecule has 1 heterocycles. The first-order chi connectivity index (χ1) is 7.95. The van der Waals surface area contributed by atoms with Gasteiger partial charge in [-0.1, -0.05) is 0 Å². The molecule has 0 saturated heterocycles. The average molecular weight is 238 g/mol. The summed E-state index contributed by atoms with van der Waals surface area (Å²) in [6.45, 7) is 7.65. The Bertz CT molecular complexity index is 352. The maximum Gasteiger partial charge on any atom is 0.234 e. The van der Waals surface area contributed by atoms with E-state index in [9.17, 15) is 0 Å². The summed E-state index contributed by atoms with van der Waals surface area (Å²) in [4.78, 5) is 10.5. The highest BCUT2D eigenvalue weighted by atomic mass is 16.5. The molecule has 0 aliphatic heterocycles. The molecule has 17 heavy (non-hydrogen) atoms. The third-order valence-electron chi connectivity index (χ3n) is 2.75. The van der Waals surface area contributed by atoms with Crippen LogP contribution in [0.1, 0.15) is 20.8 Å². The van der Waals surface area contributed by atoms with Crippen LogP contribution >= 0.6 is 0 Å². The van der Waals surface area contributed by atoms with E-state index in [0.717, 1.165) is 12.4 Å². The number of anilines is 1. The summed E-state index contributed by atoms with van der Waals surface area (Å²) in [5.74, 6) is 1.30. The van der Waals surface area contributed by atoms with E-state index < -0.39 is 0 Å². The second kappa shape index (κ2) is 5.82. The van der Waals surface area contributed by atoms with E-state index in [4.69, 9.17) is 4.74 Å². The molecule has 1 aromatic heterocycles. The fourth-order valence-electron chi connectivity index (χ4n) is 1.06. The number of nitrogens with zero attached hydrogens (tertiary/aromatic N) is 3. The molecule has 1 N–H and O–H groups in total. The molecule has 0 amide bonds. The lowest BCUT2D eigenvalue weighted by atomic mass is 10.1. The minimum Gasteiger partial charge on any atom is -0.475 e. The average Bonchev–Trinajstić information content (AvgIpc) is 2.27. The molecule has 0 saturated carbocycles. The van der Waals surface area contributed by atoms with Gasteiger partial charge in [0.05, 0.1) is 12.4 Å². The van der Waals surface area contributed by atoms with Crippen molar-refractivity contribution in [3.05, 3.63) is 12.4 Å². The predicted octanol–water partition coefficient (Wildman–Crippen LogP) is 1.63. The van der Waals surface area contributed by atoms with Gasteiger partial charge in [-0.05, 0) is 34.9 Å². The van der Waals surface area contributed by atoms with Gasteiger partial charge in [-0.25, -0.2) is 0 Å². The van der Waals surface area contributed by atoms with E-state index in [1.165, 1.54) is 0 Å². The van der Waals surface area contributed by atoms with Gasteiger partial charge in [0.1, 0.15) is 12.4 Å². The van der Waals surface area contributed by atoms with Crippen LogP contribution in [0, 0.1) is 0 Å². The summed E-state index contributed by atoms with van der Waals surface area (Å²) in [5.41, 5.74) is -0.0319. The van der Waals surface area contributed by atoms with E-state index in [0.29, 0.717) is 12.5 Å². The van der Waals surface area contributed by atoms with Crippen molar-refractivity contribution < 1.29 is 4.74 Å². The Balaban J connectivity index is 2.60. The molecule has 0 unspecified atom stereocenters. The quantitative estimate of drug-likeness (QED) is 0.816. The number of aromatic nitrogens is 2. The summed E-state index contributed by atoms with van der Waals surface area (Å²) >= 11 is 0. The van der Waals surface area contributed by atoms with E-state index in [1.54, 1.807) is 12.4 Å². The summed E-state index contributed by atoms with van der Waals surface area (Å²) in [6, 6.07) is 0. The first kappa shape index (κ1) is 13.7. The molecular formula is C12H22N4O. The van der Waals surface area contributed by atoms with E-state index in [1.807, 2.05) is 21.0 Å². The van der Waals surface area contributed by atoms with Gasteiger partial charge in [0.15, 0.2) is 0 Å². The van der Waals surface area contributed by atoms with Gasteiger partial charge in [0.25, 0.3) is 0 Å². The monoisotopic (exact) mass is 238 g/mol. The van der Waals surface area contributed by atoms with Crippen LogP contribution < -0.4 is 10.1 Å². The molecule has 0 spiro atoms. The second-order valence-corrected chi connectivity index (χ2v) is 4.77. The number of hydrogen-bond donors (Lipinski definition) is 1. The zero-order valence-electron chi connectivity index (χ0n) is 11.3. The van der Waals surface area contributed by atoms with Crippen molar-refractivity contribution in [3.8, 4) is 5.88 Å². The topological polar surface area (TPSA) is 50.3 Å². The highest BCUT2D eigenvalue weighted by molar-refractivity contribution is 5.32. The third-order valence-corrected chi connectivity index (χ3v) is 2.75. The Kier molecular flexibility index (Phi) is 4.69. The smallest absolute Gasteiger partial charge is 0.234 e. The molecule has 0 aromatic carbocycles. The Morgan fingerprint density at radius 1 is 1.35 bits per heavy atom. The fourth-order valence-corrected chi connectivity index (χ4v) is 1.06. The molecule has 1 rings (SSSR count). The Morgan fingerprint density at radius 2 is 2.06 bits per heavy atom. The van der Waals surface area contributed by atoms with Crippen LogP contribution in [0.25, 0.3) is 0 Å². The molecule has 0 atom stereocenters. The van der Waals surface area contributed by atoms with Gasteiger partial charge in [-0.2, -0.15) is 4.98 Å². The van der Waals surface area contributed by atoms with Crippen molar-refractivity contribution in [1.29, 1.82) is 0 Å². The minimum atomic E-state index is -0.0319. The number of likely N-dealkylation sites (N-methyl/N-ethyl adjacent to an activating group) is 1. The standard InChI is InChI=1S/C12H22N4O/c1-6-14-10-7-13-8-11(15-10)17-9-12(2,3)16(4)5/h7-8H,6,9H2,1-5H3,(H,14,15). The van der Waals surface area contributed by atoms with Gasteiger partial charge in [-0.3, -0.25) is 4.98 Å². The Morgan fingerprint density at radius 3 is 2.65 bits per heavy atom. The minimum absolute atomic E-state index is 0.0319. The van der Waals surface area contributed by atoms with Crippen LogP contribution in [0.5, 0.6) is 5.88 Å². The van der Waals surface area contributed by atoms with Crippen LogP contribution in [0.3, 0.4) is 0 Å². The molecule has 0 aliphatic carbocycles. The molecule has 5 heteroatoms. The van der Waals surface area contributed by atoms with Crippen molar-refractivity contribution >= 4 is 5.82 Å². The fraction of sp³-hybridized carbons (Fsp3) is 0.667. The van der Waals surface area contributed by atoms with Crippen molar-refractivity contribution in [1.82, 2.24) is 14.9 Å². The molecule has 0 bridgehead atoms. The molecule has 0 aliphatic rings. The van der Waals surface area contributed by atoms with E-state index in [-0.39, 0.29) is 5.54 Å². The second-order valence-electron chi connectivity index (χ2n) is 4.77. The first-order valence-electron chi connectivity index (χ1n) is 5.82. The summed E-state index contributed by atoms with van der Waals surface area (Å²) in [5, 5.41) is 3.10. The number of rotatable bonds is 6. The van der Waals surface area contributed by atoms with Gasteiger partial charge in [0.2, 0.25) is 5.88 Å². The molecule has 0 fully saturated rings. The van der Waals surface area contributed by atoms with E-state index >= 15 is 0 Å². The highest BCUT2D eigenvalue weighted by Crippen LogP contribution is 2.14. The SMILES string of the molecule is CCNc1cncc(OCC(C)(C)N(C)C)n1. The van der Waals surface area contributed by atoms with E-state index in [2.05, 4.69) is 34.0 Å². The van der Waals surface area contributed by atoms with Crippen molar-refractivity contribution in [3.63, 3.8) is 0 Å². The number of nitrogens with one attached hydrogen (secondary N) is 1. The van der Waals surface area contributed by atoms with Gasteiger partial charge in [-0.15, -0.1) is 0 Å². The Hall–Kier alpha value is -1.36. The maximum atomic E-state index is 5.66. The molecule has 96 valence electrons. The molecule has 1 aromatic rings. The van der Waals surface area contributed by atoms with Crippen LogP contribution in [-0.4, -0.2) is 47.7 Å². The van der Waals surface area contributed by atoms with Crippen LogP contribution in [0.2, 0.25) is 0 Å². The molecular weight excluding hydrogens is 216 g/mol. The maximum absolute atomic E-state index is 5.66. The van der Waals surface area contributed by atoms with Crippen molar-refractivity contribution in [2.75, 3.05) is 32.6 Å². The van der Waals surface area contributed by atoms with Gasteiger partial charge >= 0.3 is 0 Å². The third kappa shape index (κ3) is 4.19. The lowest BCUT2D eigenvalue weighted by molar-refractivity contribution is 0.111. The normalized spacial score (nSPS) is 11.6. The van der Waals surface area contributed by atoms with Crippen LogP contribution in [0.4, 0.5) is 5.82 Å². The lowest BCUT2D eigenvalue weighted by Crippen LogP contribution is -2.43. The first-order valence-corrected chi connectivity index (χ1v) is 5.82. The Labute approximate surface area is 103 Å². The highest BCUT2D eigenvalue weighted by Gasteiger charge is 2.21. The van der Waals surface area contributed by atoms with Crippen LogP contribution in [-0.2, 0) is 0 Å². The van der Waals surface area contributed by atoms with Crippen molar-refractivity contribution in [2.24, 2.45) is 0 Å². The lowest BCUT2D eigenvalue weighted by Gasteiger charge is -2.31.